The Kier molecular flexibility index (Phi) is 6.50. The van der Waals surface area contributed by atoms with Crippen molar-refractivity contribution < 1.29 is 5.11 Å². The number of aliphatic hydroxyl groups is 1. The van der Waals surface area contributed by atoms with Gasteiger partial charge in [-0.15, -0.1) is 0 Å². The lowest BCUT2D eigenvalue weighted by molar-refractivity contribution is 0.106. The molecular weight excluding hydrogens is 210 g/mol. The highest BCUT2D eigenvalue weighted by Crippen LogP contribution is 2.27. The van der Waals surface area contributed by atoms with Gasteiger partial charge < -0.3 is 10.4 Å². The van der Waals surface area contributed by atoms with Crippen molar-refractivity contribution in [2.45, 2.75) is 71.8 Å². The molecule has 0 heterocycles. The monoisotopic (exact) mass is 241 g/mol. The van der Waals surface area contributed by atoms with Gasteiger partial charge >= 0.3 is 0 Å². The minimum atomic E-state index is 0.103. The molecule has 0 spiro atoms. The fourth-order valence-electron chi connectivity index (χ4n) is 2.92. The topological polar surface area (TPSA) is 32.3 Å². The lowest BCUT2D eigenvalue weighted by Crippen LogP contribution is -2.43. The largest absolute Gasteiger partial charge is 0.396 e. The second-order valence-corrected chi connectivity index (χ2v) is 5.97. The Morgan fingerprint density at radius 3 is 2.35 bits per heavy atom. The first-order chi connectivity index (χ1) is 8.17. The van der Waals surface area contributed by atoms with E-state index in [0.717, 1.165) is 25.3 Å². The molecule has 0 aromatic rings. The molecule has 1 aliphatic carbocycles. The smallest absolute Gasteiger partial charge is 0.0499 e. The fraction of sp³-hybridized carbons (Fsp3) is 1.00. The number of nitrogens with one attached hydrogen (secondary N) is 1. The second-order valence-electron chi connectivity index (χ2n) is 5.97. The summed E-state index contributed by atoms with van der Waals surface area (Å²) in [5, 5.41) is 13.3. The summed E-state index contributed by atoms with van der Waals surface area (Å²) in [4.78, 5) is 0. The summed E-state index contributed by atoms with van der Waals surface area (Å²) < 4.78 is 0. The van der Waals surface area contributed by atoms with Crippen molar-refractivity contribution in [3.63, 3.8) is 0 Å². The van der Waals surface area contributed by atoms with Gasteiger partial charge in [-0.05, 0) is 31.6 Å². The molecule has 0 aliphatic heterocycles. The van der Waals surface area contributed by atoms with E-state index in [0.29, 0.717) is 12.6 Å². The average molecular weight is 241 g/mol. The molecule has 2 N–H and O–H groups in total. The molecule has 2 heteroatoms. The molecule has 0 saturated heterocycles. The number of aliphatic hydroxyl groups excluding tert-OH is 1. The van der Waals surface area contributed by atoms with Crippen LogP contribution < -0.4 is 5.32 Å². The van der Waals surface area contributed by atoms with Gasteiger partial charge in [0, 0.05) is 24.6 Å². The Morgan fingerprint density at radius 1 is 1.12 bits per heavy atom. The summed E-state index contributed by atoms with van der Waals surface area (Å²) in [7, 11) is 0. The summed E-state index contributed by atoms with van der Waals surface area (Å²) in [6.07, 6.45) is 8.97. The van der Waals surface area contributed by atoms with E-state index < -0.39 is 0 Å². The Balaban J connectivity index is 2.46. The molecule has 0 aromatic heterocycles. The van der Waals surface area contributed by atoms with E-state index in [4.69, 9.17) is 0 Å². The van der Waals surface area contributed by atoms with E-state index >= 15 is 0 Å². The summed E-state index contributed by atoms with van der Waals surface area (Å²) >= 11 is 0. The standard InChI is InChI=1S/C15H31NO/c1-4-15(5-2,12-17)11-16-14-10-8-6-7-9-13(14)3/h13-14,16-17H,4-12H2,1-3H3. The molecule has 1 fully saturated rings. The zero-order valence-electron chi connectivity index (χ0n) is 12.0. The van der Waals surface area contributed by atoms with Crippen molar-refractivity contribution in [1.29, 1.82) is 0 Å². The van der Waals surface area contributed by atoms with Crippen LogP contribution in [0, 0.1) is 11.3 Å². The summed E-state index contributed by atoms with van der Waals surface area (Å²) in [5.74, 6) is 0.794. The molecule has 0 bridgehead atoms. The lowest BCUT2D eigenvalue weighted by Gasteiger charge is -2.33. The molecule has 2 unspecified atom stereocenters. The molecule has 2 atom stereocenters. The van der Waals surface area contributed by atoms with Gasteiger partial charge in [0.05, 0.1) is 0 Å². The maximum atomic E-state index is 9.59. The lowest BCUT2D eigenvalue weighted by atomic mass is 9.82. The van der Waals surface area contributed by atoms with Gasteiger partial charge in [-0.1, -0.05) is 40.0 Å². The third kappa shape index (κ3) is 4.26. The normalized spacial score (nSPS) is 26.8. The van der Waals surface area contributed by atoms with Crippen LogP contribution in [0.15, 0.2) is 0 Å². The number of hydrogen-bond donors (Lipinski definition) is 2. The molecular formula is C15H31NO. The predicted molar refractivity (Wildman–Crippen MR) is 74.1 cm³/mol. The van der Waals surface area contributed by atoms with Crippen LogP contribution in [0.5, 0.6) is 0 Å². The van der Waals surface area contributed by atoms with Crippen molar-refractivity contribution in [3.8, 4) is 0 Å². The molecule has 1 rings (SSSR count). The molecule has 0 aromatic carbocycles. The van der Waals surface area contributed by atoms with Crippen LogP contribution >= 0.6 is 0 Å². The zero-order valence-corrected chi connectivity index (χ0v) is 12.0. The highest BCUT2D eigenvalue weighted by molar-refractivity contribution is 4.83. The Hall–Kier alpha value is -0.0800. The van der Waals surface area contributed by atoms with Crippen LogP contribution in [0.1, 0.15) is 65.7 Å². The highest BCUT2D eigenvalue weighted by Gasteiger charge is 2.27. The summed E-state index contributed by atoms with van der Waals surface area (Å²) in [5.41, 5.74) is 0.103. The van der Waals surface area contributed by atoms with Crippen LogP contribution in [-0.4, -0.2) is 24.3 Å². The number of rotatable bonds is 6. The first-order valence-corrected chi connectivity index (χ1v) is 7.51. The van der Waals surface area contributed by atoms with Crippen LogP contribution in [0.2, 0.25) is 0 Å². The predicted octanol–water partition coefficient (Wildman–Crippen LogP) is 3.34. The maximum absolute atomic E-state index is 9.59. The van der Waals surface area contributed by atoms with Gasteiger partial charge in [0.25, 0.3) is 0 Å². The second kappa shape index (κ2) is 7.38. The molecule has 0 radical (unpaired) electrons. The summed E-state index contributed by atoms with van der Waals surface area (Å²) in [6, 6.07) is 0.668. The van der Waals surface area contributed by atoms with Crippen LogP contribution in [0.4, 0.5) is 0 Å². The minimum absolute atomic E-state index is 0.103. The Labute approximate surface area is 107 Å². The van der Waals surface area contributed by atoms with Gasteiger partial charge in [0.2, 0.25) is 0 Å². The van der Waals surface area contributed by atoms with E-state index in [1.54, 1.807) is 0 Å². The van der Waals surface area contributed by atoms with Gasteiger partial charge in [-0.2, -0.15) is 0 Å². The third-order valence-electron chi connectivity index (χ3n) is 4.94. The third-order valence-corrected chi connectivity index (χ3v) is 4.94. The van der Waals surface area contributed by atoms with Crippen molar-refractivity contribution >= 4 is 0 Å². The first-order valence-electron chi connectivity index (χ1n) is 7.51. The van der Waals surface area contributed by atoms with Crippen LogP contribution in [0.3, 0.4) is 0 Å². The maximum Gasteiger partial charge on any atom is 0.0499 e. The van der Waals surface area contributed by atoms with E-state index in [1.165, 1.54) is 32.1 Å². The highest BCUT2D eigenvalue weighted by atomic mass is 16.3. The summed E-state index contributed by atoms with van der Waals surface area (Å²) in [6.45, 7) is 8.05. The van der Waals surface area contributed by atoms with Crippen LogP contribution in [-0.2, 0) is 0 Å². The van der Waals surface area contributed by atoms with E-state index in [2.05, 4.69) is 26.1 Å². The van der Waals surface area contributed by atoms with E-state index in [-0.39, 0.29) is 5.41 Å². The van der Waals surface area contributed by atoms with Crippen LogP contribution in [0.25, 0.3) is 0 Å². The number of hydrogen-bond acceptors (Lipinski definition) is 2. The SMILES string of the molecule is CCC(CC)(CO)CNC1CCCCCC1C. The minimum Gasteiger partial charge on any atom is -0.396 e. The fourth-order valence-corrected chi connectivity index (χ4v) is 2.92. The van der Waals surface area contributed by atoms with E-state index in [9.17, 15) is 5.11 Å². The van der Waals surface area contributed by atoms with Crippen molar-refractivity contribution in [1.82, 2.24) is 5.32 Å². The quantitative estimate of drug-likeness (QED) is 0.699. The Bertz CT molecular complexity index is 193. The molecule has 17 heavy (non-hydrogen) atoms. The van der Waals surface area contributed by atoms with Gasteiger partial charge in [0.15, 0.2) is 0 Å². The molecule has 0 amide bonds. The van der Waals surface area contributed by atoms with Crippen molar-refractivity contribution in [2.75, 3.05) is 13.2 Å². The molecule has 102 valence electrons. The Morgan fingerprint density at radius 2 is 1.76 bits per heavy atom. The average Bonchev–Trinajstić information content (AvgIpc) is 2.57. The zero-order chi connectivity index (χ0) is 12.7. The molecule has 1 saturated carbocycles. The first kappa shape index (κ1) is 15.0. The van der Waals surface area contributed by atoms with E-state index in [1.807, 2.05) is 0 Å². The van der Waals surface area contributed by atoms with Gasteiger partial charge in [-0.3, -0.25) is 0 Å². The van der Waals surface area contributed by atoms with Crippen molar-refractivity contribution in [2.24, 2.45) is 11.3 Å². The van der Waals surface area contributed by atoms with Gasteiger partial charge in [0.1, 0.15) is 0 Å². The van der Waals surface area contributed by atoms with Gasteiger partial charge in [-0.25, -0.2) is 0 Å². The molecule has 2 nitrogen and oxygen atoms in total. The molecule has 1 aliphatic rings. The van der Waals surface area contributed by atoms with Crippen molar-refractivity contribution in [3.05, 3.63) is 0 Å².